The fourth-order valence-electron chi connectivity index (χ4n) is 1.99. The zero-order chi connectivity index (χ0) is 14.5. The quantitative estimate of drug-likeness (QED) is 0.877. The standard InChI is InChI=1S/C15H22N4O/c1-5-13-17-14(16-6-2)9-15(18-13)19(4)10-12-8-7-11(3)20-12/h7-9H,5-6,10H2,1-4H3,(H,16,17,18). The first kappa shape index (κ1) is 14.4. The molecule has 0 amide bonds. The highest BCUT2D eigenvalue weighted by Crippen LogP contribution is 2.18. The Kier molecular flexibility index (Phi) is 4.61. The van der Waals surface area contributed by atoms with E-state index >= 15 is 0 Å². The molecule has 0 spiro atoms. The lowest BCUT2D eigenvalue weighted by atomic mass is 10.3. The SMILES string of the molecule is CCNc1cc(N(C)Cc2ccc(C)o2)nc(CC)n1. The molecule has 108 valence electrons. The molecule has 2 heterocycles. The Labute approximate surface area is 120 Å². The normalized spacial score (nSPS) is 10.6. The third kappa shape index (κ3) is 3.50. The van der Waals surface area contributed by atoms with Crippen LogP contribution in [0.2, 0.25) is 0 Å². The van der Waals surface area contributed by atoms with Gasteiger partial charge in [0.1, 0.15) is 29.0 Å². The summed E-state index contributed by atoms with van der Waals surface area (Å²) in [7, 11) is 2.01. The molecule has 0 aliphatic carbocycles. The summed E-state index contributed by atoms with van der Waals surface area (Å²) < 4.78 is 5.61. The van der Waals surface area contributed by atoms with E-state index in [9.17, 15) is 0 Å². The summed E-state index contributed by atoms with van der Waals surface area (Å²) in [6, 6.07) is 5.95. The maximum Gasteiger partial charge on any atom is 0.134 e. The summed E-state index contributed by atoms with van der Waals surface area (Å²) in [5, 5.41) is 3.24. The summed E-state index contributed by atoms with van der Waals surface area (Å²) in [5.74, 6) is 4.49. The van der Waals surface area contributed by atoms with Gasteiger partial charge in [-0.05, 0) is 26.0 Å². The molecule has 20 heavy (non-hydrogen) atoms. The monoisotopic (exact) mass is 274 g/mol. The molecule has 0 radical (unpaired) electrons. The van der Waals surface area contributed by atoms with Gasteiger partial charge in [0.05, 0.1) is 6.54 Å². The van der Waals surface area contributed by atoms with Gasteiger partial charge >= 0.3 is 0 Å². The van der Waals surface area contributed by atoms with Crippen molar-refractivity contribution in [2.45, 2.75) is 33.7 Å². The molecule has 0 atom stereocenters. The van der Waals surface area contributed by atoms with Crippen LogP contribution < -0.4 is 10.2 Å². The lowest BCUT2D eigenvalue weighted by molar-refractivity contribution is 0.481. The van der Waals surface area contributed by atoms with Crippen LogP contribution >= 0.6 is 0 Å². The van der Waals surface area contributed by atoms with Crippen molar-refractivity contribution in [3.05, 3.63) is 35.5 Å². The second-order valence-electron chi connectivity index (χ2n) is 4.78. The Balaban J connectivity index is 2.19. The van der Waals surface area contributed by atoms with E-state index in [1.807, 2.05) is 32.2 Å². The highest BCUT2D eigenvalue weighted by Gasteiger charge is 2.10. The topological polar surface area (TPSA) is 54.2 Å². The van der Waals surface area contributed by atoms with E-state index in [0.29, 0.717) is 6.54 Å². The van der Waals surface area contributed by atoms with Gasteiger partial charge in [-0.25, -0.2) is 9.97 Å². The first-order chi connectivity index (χ1) is 9.62. The van der Waals surface area contributed by atoms with Crippen LogP contribution in [0.5, 0.6) is 0 Å². The molecule has 2 rings (SSSR count). The smallest absolute Gasteiger partial charge is 0.134 e. The molecule has 5 heteroatoms. The van der Waals surface area contributed by atoms with E-state index < -0.39 is 0 Å². The fourth-order valence-corrected chi connectivity index (χ4v) is 1.99. The molecule has 0 unspecified atom stereocenters. The second-order valence-corrected chi connectivity index (χ2v) is 4.78. The summed E-state index contributed by atoms with van der Waals surface area (Å²) in [6.45, 7) is 7.61. The van der Waals surface area contributed by atoms with Gasteiger partial charge in [-0.15, -0.1) is 0 Å². The van der Waals surface area contributed by atoms with Crippen LogP contribution in [-0.4, -0.2) is 23.6 Å². The van der Waals surface area contributed by atoms with Crippen molar-refractivity contribution >= 4 is 11.6 Å². The lowest BCUT2D eigenvalue weighted by Crippen LogP contribution is -2.19. The molecule has 0 aromatic carbocycles. The molecule has 2 aromatic rings. The molecule has 0 saturated heterocycles. The number of hydrogen-bond acceptors (Lipinski definition) is 5. The Morgan fingerprint density at radius 2 is 2.05 bits per heavy atom. The zero-order valence-electron chi connectivity index (χ0n) is 12.6. The number of furan rings is 1. The van der Waals surface area contributed by atoms with Gasteiger partial charge in [-0.2, -0.15) is 0 Å². The number of rotatable bonds is 6. The number of nitrogens with zero attached hydrogens (tertiary/aromatic N) is 3. The minimum atomic E-state index is 0.694. The van der Waals surface area contributed by atoms with Crippen molar-refractivity contribution in [3.63, 3.8) is 0 Å². The van der Waals surface area contributed by atoms with Crippen molar-refractivity contribution in [1.29, 1.82) is 0 Å². The average molecular weight is 274 g/mol. The number of aryl methyl sites for hydroxylation is 2. The van der Waals surface area contributed by atoms with Crippen LogP contribution in [0.1, 0.15) is 31.2 Å². The van der Waals surface area contributed by atoms with Gasteiger partial charge in [-0.1, -0.05) is 6.92 Å². The molecule has 0 saturated carbocycles. The summed E-state index contributed by atoms with van der Waals surface area (Å²) in [6.07, 6.45) is 0.819. The van der Waals surface area contributed by atoms with Crippen molar-refractivity contribution < 1.29 is 4.42 Å². The highest BCUT2D eigenvalue weighted by molar-refractivity contribution is 5.49. The van der Waals surface area contributed by atoms with Crippen molar-refractivity contribution in [3.8, 4) is 0 Å². The van der Waals surface area contributed by atoms with E-state index in [1.54, 1.807) is 0 Å². The van der Waals surface area contributed by atoms with E-state index in [4.69, 9.17) is 4.42 Å². The molecule has 0 aliphatic rings. The third-order valence-corrected chi connectivity index (χ3v) is 3.01. The minimum Gasteiger partial charge on any atom is -0.464 e. The zero-order valence-corrected chi connectivity index (χ0v) is 12.6. The third-order valence-electron chi connectivity index (χ3n) is 3.01. The van der Waals surface area contributed by atoms with E-state index in [0.717, 1.165) is 41.9 Å². The number of aromatic nitrogens is 2. The summed E-state index contributed by atoms with van der Waals surface area (Å²) >= 11 is 0. The van der Waals surface area contributed by atoms with Crippen molar-refractivity contribution in [1.82, 2.24) is 9.97 Å². The average Bonchev–Trinajstić information content (AvgIpc) is 2.84. The van der Waals surface area contributed by atoms with Gasteiger partial charge in [0.15, 0.2) is 0 Å². The first-order valence-electron chi connectivity index (χ1n) is 7.00. The predicted octanol–water partition coefficient (Wildman–Crippen LogP) is 3.01. The van der Waals surface area contributed by atoms with Crippen molar-refractivity contribution in [2.24, 2.45) is 0 Å². The maximum absolute atomic E-state index is 5.61. The summed E-state index contributed by atoms with van der Waals surface area (Å²) in [4.78, 5) is 11.1. The molecule has 0 fully saturated rings. The highest BCUT2D eigenvalue weighted by atomic mass is 16.3. The van der Waals surface area contributed by atoms with Gasteiger partial charge in [0.2, 0.25) is 0 Å². The first-order valence-corrected chi connectivity index (χ1v) is 7.00. The van der Waals surface area contributed by atoms with Crippen LogP contribution in [-0.2, 0) is 13.0 Å². The Hall–Kier alpha value is -2.04. The number of hydrogen-bond donors (Lipinski definition) is 1. The lowest BCUT2D eigenvalue weighted by Gasteiger charge is -2.18. The molecule has 1 N–H and O–H groups in total. The molecule has 0 aliphatic heterocycles. The van der Waals surface area contributed by atoms with Crippen LogP contribution in [0.4, 0.5) is 11.6 Å². The fraction of sp³-hybridized carbons (Fsp3) is 0.467. The Morgan fingerprint density at radius 3 is 2.65 bits per heavy atom. The van der Waals surface area contributed by atoms with Crippen LogP contribution in [0.25, 0.3) is 0 Å². The van der Waals surface area contributed by atoms with Crippen LogP contribution in [0, 0.1) is 6.92 Å². The number of nitrogens with one attached hydrogen (secondary N) is 1. The Bertz CT molecular complexity index is 565. The largest absolute Gasteiger partial charge is 0.464 e. The molecule has 5 nitrogen and oxygen atoms in total. The van der Waals surface area contributed by atoms with Crippen LogP contribution in [0.3, 0.4) is 0 Å². The molecule has 2 aromatic heterocycles. The van der Waals surface area contributed by atoms with Gasteiger partial charge in [-0.3, -0.25) is 0 Å². The maximum atomic E-state index is 5.61. The minimum absolute atomic E-state index is 0.694. The summed E-state index contributed by atoms with van der Waals surface area (Å²) in [5.41, 5.74) is 0. The van der Waals surface area contributed by atoms with E-state index in [-0.39, 0.29) is 0 Å². The second kappa shape index (κ2) is 6.41. The van der Waals surface area contributed by atoms with E-state index in [2.05, 4.69) is 34.0 Å². The predicted molar refractivity (Wildman–Crippen MR) is 81.1 cm³/mol. The Morgan fingerprint density at radius 1 is 1.25 bits per heavy atom. The molecule has 0 bridgehead atoms. The number of anilines is 2. The van der Waals surface area contributed by atoms with Crippen molar-refractivity contribution in [2.75, 3.05) is 23.8 Å². The van der Waals surface area contributed by atoms with E-state index in [1.165, 1.54) is 0 Å². The molecular formula is C15H22N4O. The van der Waals surface area contributed by atoms with Gasteiger partial charge in [0, 0.05) is 26.1 Å². The molecular weight excluding hydrogens is 252 g/mol. The van der Waals surface area contributed by atoms with Gasteiger partial charge in [0.25, 0.3) is 0 Å². The van der Waals surface area contributed by atoms with Crippen LogP contribution in [0.15, 0.2) is 22.6 Å². The van der Waals surface area contributed by atoms with Gasteiger partial charge < -0.3 is 14.6 Å².